The van der Waals surface area contributed by atoms with E-state index in [2.05, 4.69) is 15.5 Å². The van der Waals surface area contributed by atoms with E-state index in [0.717, 1.165) is 23.6 Å². The van der Waals surface area contributed by atoms with Crippen LogP contribution in [0.5, 0.6) is 0 Å². The Morgan fingerprint density at radius 3 is 3.05 bits per heavy atom. The summed E-state index contributed by atoms with van der Waals surface area (Å²) in [6.45, 7) is 3.06. The molecule has 2 aromatic rings. The van der Waals surface area contributed by atoms with E-state index in [-0.39, 0.29) is 6.03 Å². The molecule has 22 heavy (non-hydrogen) atoms. The van der Waals surface area contributed by atoms with E-state index in [0.29, 0.717) is 19.0 Å². The van der Waals surface area contributed by atoms with Gasteiger partial charge in [0.1, 0.15) is 11.5 Å². The Morgan fingerprint density at radius 1 is 1.55 bits per heavy atom. The maximum atomic E-state index is 12.1. The minimum absolute atomic E-state index is 0.0989. The first-order valence-corrected chi connectivity index (χ1v) is 8.35. The number of aryl methyl sites for hydroxylation is 1. The fraction of sp³-hybridized carbons (Fsp3) is 0.533. The summed E-state index contributed by atoms with van der Waals surface area (Å²) >= 11 is 1.63. The zero-order valence-corrected chi connectivity index (χ0v) is 13.7. The SMILES string of the molecule is Cc1ncsc1CCNC(=O)N(C)Cc1cc(C2CC2)on1. The lowest BCUT2D eigenvalue weighted by Crippen LogP contribution is -2.37. The quantitative estimate of drug-likeness (QED) is 0.888. The molecule has 0 spiro atoms. The number of nitrogens with zero attached hydrogens (tertiary/aromatic N) is 3. The van der Waals surface area contributed by atoms with Crippen LogP contribution in [0.25, 0.3) is 0 Å². The van der Waals surface area contributed by atoms with Gasteiger partial charge in [-0.05, 0) is 19.8 Å². The van der Waals surface area contributed by atoms with Crippen LogP contribution in [-0.4, -0.2) is 34.7 Å². The number of amides is 2. The predicted octanol–water partition coefficient (Wildman–Crippen LogP) is 2.70. The zero-order chi connectivity index (χ0) is 15.5. The highest BCUT2D eigenvalue weighted by atomic mass is 32.1. The molecule has 1 saturated carbocycles. The van der Waals surface area contributed by atoms with Gasteiger partial charge in [-0.1, -0.05) is 5.16 Å². The van der Waals surface area contributed by atoms with E-state index in [9.17, 15) is 4.79 Å². The van der Waals surface area contributed by atoms with E-state index in [1.165, 1.54) is 17.7 Å². The van der Waals surface area contributed by atoms with Crippen molar-refractivity contribution in [1.82, 2.24) is 20.4 Å². The lowest BCUT2D eigenvalue weighted by Gasteiger charge is -2.16. The number of urea groups is 1. The molecule has 2 amide bonds. The van der Waals surface area contributed by atoms with E-state index >= 15 is 0 Å². The van der Waals surface area contributed by atoms with Crippen molar-refractivity contribution in [2.24, 2.45) is 0 Å². The lowest BCUT2D eigenvalue weighted by molar-refractivity contribution is 0.205. The highest BCUT2D eigenvalue weighted by Gasteiger charge is 2.28. The second-order valence-corrected chi connectivity index (χ2v) is 6.63. The maximum absolute atomic E-state index is 12.1. The molecule has 0 aliphatic heterocycles. The van der Waals surface area contributed by atoms with E-state index in [4.69, 9.17) is 4.52 Å². The van der Waals surface area contributed by atoms with Crippen molar-refractivity contribution >= 4 is 17.4 Å². The van der Waals surface area contributed by atoms with Gasteiger partial charge in [-0.2, -0.15) is 0 Å². The summed E-state index contributed by atoms with van der Waals surface area (Å²) in [6, 6.07) is 1.86. The molecule has 0 bridgehead atoms. The maximum Gasteiger partial charge on any atom is 0.317 e. The molecular formula is C15H20N4O2S. The third-order valence-electron chi connectivity index (χ3n) is 3.78. The summed E-state index contributed by atoms with van der Waals surface area (Å²) in [5.74, 6) is 1.49. The molecule has 0 radical (unpaired) electrons. The number of nitrogens with one attached hydrogen (secondary N) is 1. The molecule has 1 fully saturated rings. The molecule has 0 aromatic carbocycles. The van der Waals surface area contributed by atoms with Crippen LogP contribution in [0.1, 0.15) is 40.8 Å². The van der Waals surface area contributed by atoms with Gasteiger partial charge < -0.3 is 14.7 Å². The van der Waals surface area contributed by atoms with Crippen LogP contribution in [0.15, 0.2) is 16.1 Å². The molecular weight excluding hydrogens is 300 g/mol. The second kappa shape index (κ2) is 6.48. The molecule has 6 nitrogen and oxygen atoms in total. The topological polar surface area (TPSA) is 71.3 Å². The van der Waals surface area contributed by atoms with Crippen molar-refractivity contribution in [2.75, 3.05) is 13.6 Å². The van der Waals surface area contributed by atoms with Gasteiger partial charge in [0.2, 0.25) is 0 Å². The van der Waals surface area contributed by atoms with Crippen molar-refractivity contribution in [3.05, 3.63) is 33.6 Å². The molecule has 118 valence electrons. The first-order valence-electron chi connectivity index (χ1n) is 7.47. The van der Waals surface area contributed by atoms with Crippen LogP contribution in [0.4, 0.5) is 4.79 Å². The summed E-state index contributed by atoms with van der Waals surface area (Å²) in [7, 11) is 1.76. The summed E-state index contributed by atoms with van der Waals surface area (Å²) in [5, 5.41) is 6.95. The van der Waals surface area contributed by atoms with Gasteiger partial charge in [0.25, 0.3) is 0 Å². The molecule has 1 aliphatic carbocycles. The Labute approximate surface area is 133 Å². The molecule has 2 heterocycles. The van der Waals surface area contributed by atoms with E-state index in [1.54, 1.807) is 23.3 Å². The molecule has 1 N–H and O–H groups in total. The van der Waals surface area contributed by atoms with E-state index in [1.807, 2.05) is 18.5 Å². The fourth-order valence-electron chi connectivity index (χ4n) is 2.26. The van der Waals surface area contributed by atoms with Gasteiger partial charge in [-0.25, -0.2) is 9.78 Å². The lowest BCUT2D eigenvalue weighted by atomic mass is 10.3. The van der Waals surface area contributed by atoms with Crippen LogP contribution in [-0.2, 0) is 13.0 Å². The van der Waals surface area contributed by atoms with Crippen LogP contribution in [0, 0.1) is 6.92 Å². The average Bonchev–Trinajstić information content (AvgIpc) is 3.12. The van der Waals surface area contributed by atoms with Gasteiger partial charge in [0, 0.05) is 36.9 Å². The smallest absolute Gasteiger partial charge is 0.317 e. The molecule has 3 rings (SSSR count). The number of rotatable bonds is 6. The Kier molecular flexibility index (Phi) is 4.42. The number of hydrogen-bond donors (Lipinski definition) is 1. The zero-order valence-electron chi connectivity index (χ0n) is 12.8. The number of carbonyl (C=O) groups excluding carboxylic acids is 1. The van der Waals surface area contributed by atoms with Crippen molar-refractivity contribution in [1.29, 1.82) is 0 Å². The standard InChI is InChI=1S/C15H20N4O2S/c1-10-14(22-9-17-10)5-6-16-15(20)19(2)8-12-7-13(21-18-12)11-3-4-11/h7,9,11H,3-6,8H2,1-2H3,(H,16,20). The fourth-order valence-corrected chi connectivity index (χ4v) is 3.04. The number of aromatic nitrogens is 2. The first kappa shape index (κ1) is 15.0. The number of carbonyl (C=O) groups is 1. The Balaban J connectivity index is 1.43. The van der Waals surface area contributed by atoms with Crippen LogP contribution in [0.3, 0.4) is 0 Å². The molecule has 1 aliphatic rings. The molecule has 0 saturated heterocycles. The average molecular weight is 320 g/mol. The summed E-state index contributed by atoms with van der Waals surface area (Å²) in [6.07, 6.45) is 3.18. The third kappa shape index (κ3) is 3.65. The summed E-state index contributed by atoms with van der Waals surface area (Å²) < 4.78 is 5.30. The minimum Gasteiger partial charge on any atom is -0.361 e. The van der Waals surface area contributed by atoms with Crippen molar-refractivity contribution < 1.29 is 9.32 Å². The molecule has 0 atom stereocenters. The Morgan fingerprint density at radius 2 is 2.36 bits per heavy atom. The van der Waals surface area contributed by atoms with Gasteiger partial charge in [-0.3, -0.25) is 0 Å². The van der Waals surface area contributed by atoms with Gasteiger partial charge in [0.05, 0.1) is 17.7 Å². The molecule has 2 aromatic heterocycles. The van der Waals surface area contributed by atoms with Crippen molar-refractivity contribution in [3.8, 4) is 0 Å². The van der Waals surface area contributed by atoms with Crippen molar-refractivity contribution in [3.63, 3.8) is 0 Å². The van der Waals surface area contributed by atoms with Gasteiger partial charge in [-0.15, -0.1) is 11.3 Å². The highest BCUT2D eigenvalue weighted by molar-refractivity contribution is 7.09. The summed E-state index contributed by atoms with van der Waals surface area (Å²) in [4.78, 5) is 19.1. The molecule has 7 heteroatoms. The van der Waals surface area contributed by atoms with E-state index < -0.39 is 0 Å². The predicted molar refractivity (Wildman–Crippen MR) is 83.9 cm³/mol. The largest absolute Gasteiger partial charge is 0.361 e. The number of thiazole rings is 1. The van der Waals surface area contributed by atoms with Gasteiger partial charge >= 0.3 is 6.03 Å². The number of hydrogen-bond acceptors (Lipinski definition) is 5. The summed E-state index contributed by atoms with van der Waals surface area (Å²) in [5.41, 5.74) is 3.68. The third-order valence-corrected chi connectivity index (χ3v) is 4.77. The van der Waals surface area contributed by atoms with Gasteiger partial charge in [0.15, 0.2) is 0 Å². The normalized spacial score (nSPS) is 14.1. The molecule has 0 unspecified atom stereocenters. The Hall–Kier alpha value is -1.89. The van der Waals surface area contributed by atoms with Crippen LogP contribution >= 0.6 is 11.3 Å². The van der Waals surface area contributed by atoms with Crippen molar-refractivity contribution in [2.45, 2.75) is 38.6 Å². The first-order chi connectivity index (χ1) is 10.6. The minimum atomic E-state index is -0.0989. The second-order valence-electron chi connectivity index (χ2n) is 5.69. The monoisotopic (exact) mass is 320 g/mol. The van der Waals surface area contributed by atoms with Crippen LogP contribution in [0.2, 0.25) is 0 Å². The van der Waals surface area contributed by atoms with Crippen LogP contribution < -0.4 is 5.32 Å². The Bertz CT molecular complexity index is 648. The highest BCUT2D eigenvalue weighted by Crippen LogP contribution is 2.40.